The Bertz CT molecular complexity index is 1040. The van der Waals surface area contributed by atoms with Crippen LogP contribution >= 0.6 is 23.1 Å². The lowest BCUT2D eigenvalue weighted by molar-refractivity contribution is -0.124. The Labute approximate surface area is 177 Å². The zero-order chi connectivity index (χ0) is 20.0. The highest BCUT2D eigenvalue weighted by atomic mass is 32.2. The largest absolute Gasteiger partial charge is 0.311 e. The van der Waals surface area contributed by atoms with Crippen LogP contribution in [-0.4, -0.2) is 40.0 Å². The van der Waals surface area contributed by atoms with Crippen LogP contribution in [0.15, 0.2) is 45.7 Å². The van der Waals surface area contributed by atoms with Gasteiger partial charge in [0.05, 0.1) is 16.2 Å². The first kappa shape index (κ1) is 18.6. The summed E-state index contributed by atoms with van der Waals surface area (Å²) < 4.78 is 0. The fraction of sp³-hybridized carbons (Fsp3) is 0.333. The molecule has 0 spiro atoms. The molecule has 0 radical (unpaired) electrons. The average molecular weight is 425 g/mol. The van der Waals surface area contributed by atoms with Gasteiger partial charge < -0.3 is 4.90 Å². The first-order valence-corrected chi connectivity index (χ1v) is 11.5. The van der Waals surface area contributed by atoms with E-state index in [0.29, 0.717) is 20.8 Å². The molecule has 29 heavy (non-hydrogen) atoms. The second-order valence-corrected chi connectivity index (χ2v) is 9.21. The highest BCUT2D eigenvalue weighted by Crippen LogP contribution is 2.45. The van der Waals surface area contributed by atoms with Crippen LogP contribution in [0.5, 0.6) is 0 Å². The Hall–Kier alpha value is -2.45. The minimum atomic E-state index is -0.138. The van der Waals surface area contributed by atoms with Gasteiger partial charge in [0.15, 0.2) is 5.17 Å². The van der Waals surface area contributed by atoms with Crippen LogP contribution in [0.1, 0.15) is 37.7 Å². The molecule has 1 aromatic carbocycles. The fourth-order valence-corrected chi connectivity index (χ4v) is 5.91. The number of amidine groups is 1. The summed E-state index contributed by atoms with van der Waals surface area (Å²) in [7, 11) is 1.75. The van der Waals surface area contributed by atoms with Gasteiger partial charge in [-0.2, -0.15) is 4.99 Å². The standard InChI is InChI=1S/C21H20N4O2S2/c1-24-15-10-6-5-9-14(15)16(18(24)26)17-19(27)25(13-7-3-2-4-8-13)21(29-17)23-20-22-11-12-28-20/h5-6,9-13H,2-4,7-8H2,1H3/b17-16-,23-21+. The van der Waals surface area contributed by atoms with Crippen molar-refractivity contribution in [1.29, 1.82) is 0 Å². The summed E-state index contributed by atoms with van der Waals surface area (Å²) in [6, 6.07) is 7.76. The molecule has 1 aliphatic carbocycles. The maximum atomic E-state index is 13.6. The molecule has 0 bridgehead atoms. The van der Waals surface area contributed by atoms with E-state index in [9.17, 15) is 9.59 Å². The van der Waals surface area contributed by atoms with Crippen LogP contribution in [0, 0.1) is 0 Å². The Morgan fingerprint density at radius 2 is 1.90 bits per heavy atom. The van der Waals surface area contributed by atoms with Crippen LogP contribution in [-0.2, 0) is 9.59 Å². The molecule has 1 aromatic heterocycles. The molecular formula is C21H20N4O2S2. The van der Waals surface area contributed by atoms with Crippen molar-refractivity contribution < 1.29 is 9.59 Å². The molecule has 8 heteroatoms. The van der Waals surface area contributed by atoms with Gasteiger partial charge in [-0.25, -0.2) is 4.98 Å². The lowest BCUT2D eigenvalue weighted by Gasteiger charge is -2.30. The molecule has 1 saturated heterocycles. The van der Waals surface area contributed by atoms with Crippen molar-refractivity contribution in [2.24, 2.45) is 4.99 Å². The van der Waals surface area contributed by atoms with Crippen LogP contribution < -0.4 is 4.90 Å². The molecule has 0 unspecified atom stereocenters. The average Bonchev–Trinajstić information content (AvgIpc) is 3.42. The number of anilines is 1. The van der Waals surface area contributed by atoms with Gasteiger partial charge in [-0.3, -0.25) is 14.5 Å². The Morgan fingerprint density at radius 1 is 1.10 bits per heavy atom. The summed E-state index contributed by atoms with van der Waals surface area (Å²) in [6.45, 7) is 0. The first-order chi connectivity index (χ1) is 14.1. The first-order valence-electron chi connectivity index (χ1n) is 9.76. The maximum Gasteiger partial charge on any atom is 0.267 e. The smallest absolute Gasteiger partial charge is 0.267 e. The van der Waals surface area contributed by atoms with Crippen molar-refractivity contribution in [3.63, 3.8) is 0 Å². The molecule has 3 heterocycles. The lowest BCUT2D eigenvalue weighted by atomic mass is 9.94. The van der Waals surface area contributed by atoms with E-state index in [1.165, 1.54) is 29.5 Å². The van der Waals surface area contributed by atoms with Crippen LogP contribution in [0.2, 0.25) is 0 Å². The quantitative estimate of drug-likeness (QED) is 0.669. The van der Waals surface area contributed by atoms with E-state index in [0.717, 1.165) is 36.9 Å². The third kappa shape index (κ3) is 3.11. The second-order valence-electron chi connectivity index (χ2n) is 7.36. The number of likely N-dealkylation sites (N-methyl/N-ethyl adjacent to an activating group) is 1. The van der Waals surface area contributed by atoms with Crippen LogP contribution in [0.25, 0.3) is 5.57 Å². The third-order valence-corrected chi connectivity index (χ3v) is 7.36. The molecule has 1 saturated carbocycles. The SMILES string of the molecule is CN1C(=O)/C(=C2\S/C(=N/c3nccs3)N(C3CCCCC3)C2=O)c2ccccc21. The molecule has 6 nitrogen and oxygen atoms in total. The van der Waals surface area contributed by atoms with Crippen molar-refractivity contribution in [2.75, 3.05) is 11.9 Å². The summed E-state index contributed by atoms with van der Waals surface area (Å²) >= 11 is 2.75. The second kappa shape index (κ2) is 7.42. The summed E-state index contributed by atoms with van der Waals surface area (Å²) in [5.41, 5.74) is 2.14. The number of aliphatic imine (C=N–C) groups is 1. The molecule has 2 fully saturated rings. The molecule has 0 atom stereocenters. The topological polar surface area (TPSA) is 65.9 Å². The zero-order valence-electron chi connectivity index (χ0n) is 16.0. The number of rotatable bonds is 2. The minimum Gasteiger partial charge on any atom is -0.311 e. The predicted octanol–water partition coefficient (Wildman–Crippen LogP) is 4.43. The maximum absolute atomic E-state index is 13.6. The molecule has 2 aromatic rings. The molecule has 5 rings (SSSR count). The Balaban J connectivity index is 1.63. The number of thiazole rings is 1. The number of hydrogen-bond donors (Lipinski definition) is 0. The third-order valence-electron chi connectivity index (χ3n) is 5.64. The lowest BCUT2D eigenvalue weighted by Crippen LogP contribution is -2.40. The van der Waals surface area contributed by atoms with Gasteiger partial charge in [0.2, 0.25) is 5.13 Å². The zero-order valence-corrected chi connectivity index (χ0v) is 17.6. The van der Waals surface area contributed by atoms with Crippen molar-refractivity contribution in [3.05, 3.63) is 46.3 Å². The number of benzene rings is 1. The number of hydrogen-bond acceptors (Lipinski definition) is 6. The van der Waals surface area contributed by atoms with Gasteiger partial charge in [0.25, 0.3) is 11.8 Å². The number of thioether (sulfide) groups is 1. The van der Waals surface area contributed by atoms with Gasteiger partial charge in [0.1, 0.15) is 0 Å². The highest BCUT2D eigenvalue weighted by Gasteiger charge is 2.44. The normalized spacial score (nSPS) is 24.1. The monoisotopic (exact) mass is 424 g/mol. The van der Waals surface area contributed by atoms with E-state index in [1.54, 1.807) is 18.1 Å². The Morgan fingerprint density at radius 3 is 2.66 bits per heavy atom. The van der Waals surface area contributed by atoms with E-state index in [2.05, 4.69) is 9.98 Å². The van der Waals surface area contributed by atoms with E-state index < -0.39 is 0 Å². The summed E-state index contributed by atoms with van der Waals surface area (Å²) in [6.07, 6.45) is 7.07. The van der Waals surface area contributed by atoms with E-state index in [-0.39, 0.29) is 17.9 Å². The molecule has 2 amide bonds. The van der Waals surface area contributed by atoms with E-state index >= 15 is 0 Å². The fourth-order valence-electron chi connectivity index (χ4n) is 4.22. The van der Waals surface area contributed by atoms with Gasteiger partial charge in [0, 0.05) is 30.2 Å². The number of carbonyl (C=O) groups excluding carboxylic acids is 2. The van der Waals surface area contributed by atoms with E-state index in [1.807, 2.05) is 34.5 Å². The summed E-state index contributed by atoms with van der Waals surface area (Å²) in [5, 5.41) is 3.14. The number of carbonyl (C=O) groups is 2. The molecule has 148 valence electrons. The van der Waals surface area contributed by atoms with Crippen LogP contribution in [0.3, 0.4) is 0 Å². The number of para-hydroxylation sites is 1. The van der Waals surface area contributed by atoms with Crippen molar-refractivity contribution in [2.45, 2.75) is 38.1 Å². The summed E-state index contributed by atoms with van der Waals surface area (Å²) in [5.74, 6) is -0.244. The molecule has 2 aliphatic heterocycles. The summed E-state index contributed by atoms with van der Waals surface area (Å²) in [4.78, 5) is 39.5. The number of aromatic nitrogens is 1. The van der Waals surface area contributed by atoms with Gasteiger partial charge in [-0.15, -0.1) is 11.3 Å². The van der Waals surface area contributed by atoms with Crippen molar-refractivity contribution in [1.82, 2.24) is 9.88 Å². The van der Waals surface area contributed by atoms with Gasteiger partial charge >= 0.3 is 0 Å². The molecular weight excluding hydrogens is 404 g/mol. The number of fused-ring (bicyclic) bond motifs is 1. The Kier molecular flexibility index (Phi) is 4.75. The van der Waals surface area contributed by atoms with E-state index in [4.69, 9.17) is 0 Å². The predicted molar refractivity (Wildman–Crippen MR) is 117 cm³/mol. The molecule has 0 N–H and O–H groups in total. The van der Waals surface area contributed by atoms with Crippen molar-refractivity contribution >= 4 is 56.5 Å². The number of nitrogens with zero attached hydrogens (tertiary/aromatic N) is 4. The van der Waals surface area contributed by atoms with Gasteiger partial charge in [-0.05, 0) is 30.7 Å². The van der Waals surface area contributed by atoms with Crippen molar-refractivity contribution in [3.8, 4) is 0 Å². The minimum absolute atomic E-state index is 0.106. The number of amides is 2. The molecule has 3 aliphatic rings. The van der Waals surface area contributed by atoms with Gasteiger partial charge in [-0.1, -0.05) is 37.5 Å². The highest BCUT2D eigenvalue weighted by molar-refractivity contribution is 8.18. The van der Waals surface area contributed by atoms with Crippen LogP contribution in [0.4, 0.5) is 10.8 Å².